The molecule has 0 aromatic heterocycles. The summed E-state index contributed by atoms with van der Waals surface area (Å²) in [5.41, 5.74) is -1.11. The number of nitrogens with one attached hydrogen (secondary N) is 1. The second-order valence-electron chi connectivity index (χ2n) is 8.85. The van der Waals surface area contributed by atoms with E-state index in [0.717, 1.165) is 32.2 Å². The van der Waals surface area contributed by atoms with Gasteiger partial charge in [0.2, 0.25) is 0 Å². The predicted molar refractivity (Wildman–Crippen MR) is 91.4 cm³/mol. The lowest BCUT2D eigenvalue weighted by molar-refractivity contribution is -0.0110. The number of rotatable bonds is 3. The van der Waals surface area contributed by atoms with Gasteiger partial charge >= 0.3 is 6.09 Å². The third-order valence-electron chi connectivity index (χ3n) is 4.77. The van der Waals surface area contributed by atoms with E-state index in [1.807, 2.05) is 39.5 Å². The topological polar surface area (TPSA) is 61.8 Å². The van der Waals surface area contributed by atoms with Crippen LogP contribution in [0.15, 0.2) is 0 Å². The van der Waals surface area contributed by atoms with E-state index in [0.29, 0.717) is 24.5 Å². The van der Waals surface area contributed by atoms with Crippen molar-refractivity contribution in [3.63, 3.8) is 0 Å². The number of amides is 1. The maximum Gasteiger partial charge on any atom is 0.410 e. The van der Waals surface area contributed by atoms with Crippen LogP contribution in [-0.2, 0) is 4.74 Å². The molecule has 0 radical (unpaired) electrons. The molecule has 23 heavy (non-hydrogen) atoms. The van der Waals surface area contributed by atoms with Gasteiger partial charge in [-0.3, -0.25) is 0 Å². The zero-order valence-electron chi connectivity index (χ0n) is 15.4. The first-order valence-electron chi connectivity index (χ1n) is 9.00. The van der Waals surface area contributed by atoms with Crippen molar-refractivity contribution in [3.8, 4) is 0 Å². The van der Waals surface area contributed by atoms with Crippen LogP contribution >= 0.6 is 0 Å². The Morgan fingerprint density at radius 3 is 2.52 bits per heavy atom. The van der Waals surface area contributed by atoms with Crippen molar-refractivity contribution in [1.82, 2.24) is 10.2 Å². The average molecular weight is 326 g/mol. The van der Waals surface area contributed by atoms with E-state index >= 15 is 0 Å². The molecular formula is C18H34N2O3. The van der Waals surface area contributed by atoms with Crippen molar-refractivity contribution in [3.05, 3.63) is 0 Å². The number of hydrogen-bond acceptors (Lipinski definition) is 4. The number of fused-ring (bicyclic) bond motifs is 1. The Bertz CT molecular complexity index is 411. The average Bonchev–Trinajstić information content (AvgIpc) is 2.41. The fourth-order valence-electron chi connectivity index (χ4n) is 3.78. The molecule has 1 aliphatic carbocycles. The maximum absolute atomic E-state index is 12.5. The van der Waals surface area contributed by atoms with Gasteiger partial charge in [0.15, 0.2) is 0 Å². The Labute approximate surface area is 140 Å². The van der Waals surface area contributed by atoms with Gasteiger partial charge in [-0.05, 0) is 72.6 Å². The molecule has 1 amide bonds. The number of piperidine rings is 1. The van der Waals surface area contributed by atoms with Gasteiger partial charge in [0.05, 0.1) is 5.60 Å². The van der Waals surface area contributed by atoms with Crippen LogP contribution in [0.5, 0.6) is 0 Å². The molecule has 5 nitrogen and oxygen atoms in total. The monoisotopic (exact) mass is 326 g/mol. The highest BCUT2D eigenvalue weighted by Crippen LogP contribution is 2.36. The van der Waals surface area contributed by atoms with Gasteiger partial charge in [0.1, 0.15) is 5.60 Å². The third kappa shape index (κ3) is 5.64. The number of carbonyl (C=O) groups excluding carboxylic acids is 1. The molecule has 3 atom stereocenters. The summed E-state index contributed by atoms with van der Waals surface area (Å²) < 4.78 is 5.58. The van der Waals surface area contributed by atoms with Crippen molar-refractivity contribution in [2.24, 2.45) is 5.92 Å². The second kappa shape index (κ2) is 6.98. The van der Waals surface area contributed by atoms with Crippen molar-refractivity contribution < 1.29 is 14.6 Å². The summed E-state index contributed by atoms with van der Waals surface area (Å²) in [5, 5.41) is 13.4. The Balaban J connectivity index is 1.91. The number of aliphatic hydroxyl groups is 1. The minimum atomic E-state index is -0.675. The van der Waals surface area contributed by atoms with Gasteiger partial charge in [-0.15, -0.1) is 0 Å². The van der Waals surface area contributed by atoms with Gasteiger partial charge in [0, 0.05) is 25.2 Å². The van der Waals surface area contributed by atoms with Gasteiger partial charge in [-0.1, -0.05) is 0 Å². The van der Waals surface area contributed by atoms with E-state index in [4.69, 9.17) is 4.74 Å². The standard InChI is InChI=1S/C18H34N2O3/c1-17(2,3)23-16(21)20-10-6-7-13-11-14(8-9-15(13)20)19-12-18(4,5)22/h13-15,19,22H,6-12H2,1-5H3/t13-,14-,15+/m1/s1. The molecule has 2 fully saturated rings. The Morgan fingerprint density at radius 1 is 1.22 bits per heavy atom. The van der Waals surface area contributed by atoms with Crippen LogP contribution < -0.4 is 5.32 Å². The van der Waals surface area contributed by atoms with Crippen LogP contribution in [-0.4, -0.2) is 52.5 Å². The number of ether oxygens (including phenoxy) is 1. The highest BCUT2D eigenvalue weighted by Gasteiger charge is 2.40. The third-order valence-corrected chi connectivity index (χ3v) is 4.77. The lowest BCUT2D eigenvalue weighted by atomic mass is 9.76. The second-order valence-corrected chi connectivity index (χ2v) is 8.85. The first-order chi connectivity index (χ1) is 10.6. The van der Waals surface area contributed by atoms with Crippen LogP contribution in [0.1, 0.15) is 66.7 Å². The molecule has 1 saturated carbocycles. The van der Waals surface area contributed by atoms with E-state index in [-0.39, 0.29) is 6.09 Å². The van der Waals surface area contributed by atoms with Crippen molar-refractivity contribution in [1.29, 1.82) is 0 Å². The SMILES string of the molecule is CC(C)(O)CN[C@@H]1CC[C@H]2[C@H](CCCN2C(=O)OC(C)(C)C)C1. The summed E-state index contributed by atoms with van der Waals surface area (Å²) in [6.07, 6.45) is 5.24. The summed E-state index contributed by atoms with van der Waals surface area (Å²) in [7, 11) is 0. The van der Waals surface area contributed by atoms with E-state index in [9.17, 15) is 9.90 Å². The lowest BCUT2D eigenvalue weighted by Crippen LogP contribution is -2.54. The molecular weight excluding hydrogens is 292 g/mol. The summed E-state index contributed by atoms with van der Waals surface area (Å²) in [5.74, 6) is 0.546. The van der Waals surface area contributed by atoms with Crippen molar-refractivity contribution in [2.45, 2.75) is 90.0 Å². The maximum atomic E-state index is 12.5. The Morgan fingerprint density at radius 2 is 1.91 bits per heavy atom. The largest absolute Gasteiger partial charge is 0.444 e. The number of likely N-dealkylation sites (tertiary alicyclic amines) is 1. The predicted octanol–water partition coefficient (Wildman–Crippen LogP) is 2.92. The van der Waals surface area contributed by atoms with Gasteiger partial charge in [-0.2, -0.15) is 0 Å². The van der Waals surface area contributed by atoms with Crippen LogP contribution in [0.25, 0.3) is 0 Å². The number of carbonyl (C=O) groups is 1. The normalized spacial score (nSPS) is 29.1. The Kier molecular flexibility index (Phi) is 5.62. The minimum Gasteiger partial charge on any atom is -0.444 e. The van der Waals surface area contributed by atoms with Crippen LogP contribution in [0.3, 0.4) is 0 Å². The molecule has 0 spiro atoms. The minimum absolute atomic E-state index is 0.157. The van der Waals surface area contributed by atoms with E-state index in [2.05, 4.69) is 5.32 Å². The number of hydrogen-bond donors (Lipinski definition) is 2. The van der Waals surface area contributed by atoms with Gasteiger partial charge < -0.3 is 20.1 Å². The number of nitrogens with zero attached hydrogens (tertiary/aromatic N) is 1. The molecule has 1 aliphatic heterocycles. The molecule has 0 aromatic rings. The summed E-state index contributed by atoms with van der Waals surface area (Å²) in [4.78, 5) is 14.4. The molecule has 2 rings (SSSR count). The lowest BCUT2D eigenvalue weighted by Gasteiger charge is -2.46. The van der Waals surface area contributed by atoms with Gasteiger partial charge in [-0.25, -0.2) is 4.79 Å². The first-order valence-corrected chi connectivity index (χ1v) is 9.00. The molecule has 1 saturated heterocycles. The van der Waals surface area contributed by atoms with E-state index < -0.39 is 11.2 Å². The molecule has 0 aromatic carbocycles. The fraction of sp³-hybridized carbons (Fsp3) is 0.944. The summed E-state index contributed by atoms with van der Waals surface area (Å²) in [6.45, 7) is 10.9. The zero-order chi connectivity index (χ0) is 17.3. The van der Waals surface area contributed by atoms with Gasteiger partial charge in [0.25, 0.3) is 0 Å². The summed E-state index contributed by atoms with van der Waals surface area (Å²) >= 11 is 0. The molecule has 134 valence electrons. The summed E-state index contributed by atoms with van der Waals surface area (Å²) in [6, 6.07) is 0.764. The molecule has 5 heteroatoms. The van der Waals surface area contributed by atoms with Crippen LogP contribution in [0.2, 0.25) is 0 Å². The molecule has 0 bridgehead atoms. The van der Waals surface area contributed by atoms with Crippen molar-refractivity contribution in [2.75, 3.05) is 13.1 Å². The zero-order valence-corrected chi connectivity index (χ0v) is 15.4. The van der Waals surface area contributed by atoms with Crippen LogP contribution in [0, 0.1) is 5.92 Å². The van der Waals surface area contributed by atoms with Crippen LogP contribution in [0.4, 0.5) is 4.79 Å². The molecule has 0 unspecified atom stereocenters. The molecule has 2 N–H and O–H groups in total. The van der Waals surface area contributed by atoms with E-state index in [1.165, 1.54) is 6.42 Å². The first kappa shape index (κ1) is 18.5. The highest BCUT2D eigenvalue weighted by atomic mass is 16.6. The molecule has 1 heterocycles. The quantitative estimate of drug-likeness (QED) is 0.837. The smallest absolute Gasteiger partial charge is 0.410 e. The van der Waals surface area contributed by atoms with E-state index in [1.54, 1.807) is 0 Å². The Hall–Kier alpha value is -0.810. The highest BCUT2D eigenvalue weighted by molar-refractivity contribution is 5.68. The van der Waals surface area contributed by atoms with Crippen molar-refractivity contribution >= 4 is 6.09 Å². The fourth-order valence-corrected chi connectivity index (χ4v) is 3.78. The molecule has 2 aliphatic rings.